The van der Waals surface area contributed by atoms with Gasteiger partial charge < -0.3 is 11.1 Å². The lowest BCUT2D eigenvalue weighted by Gasteiger charge is -2.36. The van der Waals surface area contributed by atoms with Crippen molar-refractivity contribution >= 4 is 33.0 Å². The van der Waals surface area contributed by atoms with Crippen LogP contribution < -0.4 is 11.1 Å². The Morgan fingerprint density at radius 2 is 1.95 bits per heavy atom. The lowest BCUT2D eigenvalue weighted by atomic mass is 9.88. The number of sulfone groups is 1. The molecule has 4 nitrogen and oxygen atoms in total. The van der Waals surface area contributed by atoms with E-state index in [1.54, 1.807) is 12.1 Å². The van der Waals surface area contributed by atoms with Gasteiger partial charge in [-0.2, -0.15) is 11.8 Å². The molecule has 0 heterocycles. The summed E-state index contributed by atoms with van der Waals surface area (Å²) in [6, 6.07) is 4.91. The van der Waals surface area contributed by atoms with Crippen LogP contribution in [0.2, 0.25) is 0 Å². The highest BCUT2D eigenvalue weighted by molar-refractivity contribution is 8.00. The highest BCUT2D eigenvalue weighted by Gasteiger charge is 2.30. The molecule has 1 aromatic carbocycles. The molecule has 1 saturated carbocycles. The quantitative estimate of drug-likeness (QED) is 0.812. The van der Waals surface area contributed by atoms with E-state index in [-0.39, 0.29) is 9.64 Å². The third kappa shape index (κ3) is 4.07. The Morgan fingerprint density at radius 1 is 1.29 bits per heavy atom. The van der Waals surface area contributed by atoms with Crippen molar-refractivity contribution in [3.05, 3.63) is 18.2 Å². The summed E-state index contributed by atoms with van der Waals surface area (Å²) < 4.78 is 23.3. The van der Waals surface area contributed by atoms with Crippen LogP contribution in [0.5, 0.6) is 0 Å². The summed E-state index contributed by atoms with van der Waals surface area (Å²) in [7, 11) is -3.21. The molecule has 0 bridgehead atoms. The van der Waals surface area contributed by atoms with Crippen LogP contribution in [-0.2, 0) is 9.84 Å². The molecule has 6 heteroatoms. The van der Waals surface area contributed by atoms with E-state index in [2.05, 4.69) is 11.6 Å². The smallest absolute Gasteiger partial charge is 0.175 e. The normalized spacial score (nSPS) is 18.4. The molecule has 0 atom stereocenters. The first-order valence-corrected chi connectivity index (χ1v) is 10.4. The molecule has 1 aromatic rings. The van der Waals surface area contributed by atoms with E-state index in [1.165, 1.54) is 44.4 Å². The van der Waals surface area contributed by atoms with E-state index in [1.807, 2.05) is 11.8 Å². The number of nitrogens with two attached hydrogens (primary N) is 1. The third-order valence-corrected chi connectivity index (χ3v) is 6.78. The Bertz CT molecular complexity index is 594. The second kappa shape index (κ2) is 6.48. The largest absolute Gasteiger partial charge is 0.397 e. The van der Waals surface area contributed by atoms with Gasteiger partial charge in [-0.15, -0.1) is 0 Å². The first-order chi connectivity index (χ1) is 9.86. The van der Waals surface area contributed by atoms with E-state index in [0.29, 0.717) is 5.69 Å². The van der Waals surface area contributed by atoms with Crippen LogP contribution in [0, 0.1) is 0 Å². The van der Waals surface area contributed by atoms with Crippen molar-refractivity contribution in [2.75, 3.05) is 30.1 Å². The first kappa shape index (κ1) is 16.5. The highest BCUT2D eigenvalue weighted by atomic mass is 32.2. The van der Waals surface area contributed by atoms with Crippen molar-refractivity contribution in [3.8, 4) is 0 Å². The topological polar surface area (TPSA) is 72.2 Å². The predicted molar refractivity (Wildman–Crippen MR) is 91.8 cm³/mol. The van der Waals surface area contributed by atoms with Crippen molar-refractivity contribution in [3.63, 3.8) is 0 Å². The van der Waals surface area contributed by atoms with Crippen molar-refractivity contribution in [1.29, 1.82) is 0 Å². The number of hydrogen-bond donors (Lipinski definition) is 2. The molecule has 0 aromatic heterocycles. The Labute approximate surface area is 131 Å². The second-order valence-corrected chi connectivity index (χ2v) is 9.11. The maximum Gasteiger partial charge on any atom is 0.175 e. The summed E-state index contributed by atoms with van der Waals surface area (Å²) in [5, 5.41) is 3.41. The van der Waals surface area contributed by atoms with Gasteiger partial charge in [0.15, 0.2) is 9.84 Å². The van der Waals surface area contributed by atoms with Gasteiger partial charge in [-0.3, -0.25) is 0 Å². The molecule has 0 radical (unpaired) electrons. The van der Waals surface area contributed by atoms with E-state index >= 15 is 0 Å². The molecule has 21 heavy (non-hydrogen) atoms. The molecule has 0 saturated heterocycles. The third-order valence-electron chi connectivity index (χ3n) is 4.25. The van der Waals surface area contributed by atoms with Gasteiger partial charge >= 0.3 is 0 Å². The fraction of sp³-hybridized carbons (Fsp3) is 0.600. The number of hydrogen-bond acceptors (Lipinski definition) is 5. The molecule has 1 fully saturated rings. The Kier molecular flexibility index (Phi) is 5.09. The molecule has 1 aliphatic carbocycles. The molecule has 3 N–H and O–H groups in total. The molecular weight excluding hydrogens is 304 g/mol. The van der Waals surface area contributed by atoms with Crippen molar-refractivity contribution in [2.45, 2.75) is 41.7 Å². The molecule has 0 aliphatic heterocycles. The number of benzene rings is 1. The number of anilines is 2. The summed E-state index contributed by atoms with van der Waals surface area (Å²) in [5.41, 5.74) is 7.30. The zero-order valence-electron chi connectivity index (χ0n) is 12.7. The van der Waals surface area contributed by atoms with Gasteiger partial charge in [-0.1, -0.05) is 19.3 Å². The van der Waals surface area contributed by atoms with Crippen molar-refractivity contribution in [1.82, 2.24) is 0 Å². The first-order valence-electron chi connectivity index (χ1n) is 7.25. The summed E-state index contributed by atoms with van der Waals surface area (Å²) in [5.74, 6) is 0. The number of nitrogen functional groups attached to an aromatic ring is 1. The van der Waals surface area contributed by atoms with Gasteiger partial charge in [0.25, 0.3) is 0 Å². The van der Waals surface area contributed by atoms with Crippen molar-refractivity contribution in [2.24, 2.45) is 0 Å². The Balaban J connectivity index is 2.09. The van der Waals surface area contributed by atoms with Crippen LogP contribution in [0.1, 0.15) is 32.1 Å². The molecule has 0 amide bonds. The van der Waals surface area contributed by atoms with Crippen LogP contribution in [0.4, 0.5) is 11.4 Å². The molecular formula is C15H24N2O2S2. The minimum Gasteiger partial charge on any atom is -0.397 e. The zero-order valence-corrected chi connectivity index (χ0v) is 14.3. The molecule has 118 valence electrons. The van der Waals surface area contributed by atoms with Crippen LogP contribution in [-0.4, -0.2) is 32.2 Å². The van der Waals surface area contributed by atoms with E-state index in [0.717, 1.165) is 12.2 Å². The van der Waals surface area contributed by atoms with E-state index < -0.39 is 9.84 Å². The Morgan fingerprint density at radius 3 is 2.48 bits per heavy atom. The van der Waals surface area contributed by atoms with Gasteiger partial charge in [0.2, 0.25) is 0 Å². The van der Waals surface area contributed by atoms with Crippen LogP contribution in [0.15, 0.2) is 23.1 Å². The summed E-state index contributed by atoms with van der Waals surface area (Å²) >= 11 is 1.93. The fourth-order valence-electron chi connectivity index (χ4n) is 2.84. The highest BCUT2D eigenvalue weighted by Crippen LogP contribution is 2.39. The Hall–Kier alpha value is -0.880. The standard InChI is InChI=1S/C15H24N2O2S2/c1-20-15(8-4-3-5-9-15)11-17-14-7-6-12(10-13(14)16)21(2,18)19/h6-7,10,17H,3-5,8-9,11,16H2,1-2H3. The van der Waals surface area contributed by atoms with Crippen LogP contribution in [0.25, 0.3) is 0 Å². The maximum absolute atomic E-state index is 11.5. The van der Waals surface area contributed by atoms with Gasteiger partial charge in [-0.25, -0.2) is 8.42 Å². The summed E-state index contributed by atoms with van der Waals surface area (Å²) in [6.45, 7) is 0.872. The van der Waals surface area contributed by atoms with E-state index in [9.17, 15) is 8.42 Å². The van der Waals surface area contributed by atoms with E-state index in [4.69, 9.17) is 5.73 Å². The average molecular weight is 329 g/mol. The second-order valence-electron chi connectivity index (χ2n) is 5.82. The monoisotopic (exact) mass is 328 g/mol. The van der Waals surface area contributed by atoms with Gasteiger partial charge in [0, 0.05) is 17.5 Å². The predicted octanol–water partition coefficient (Wildman–Crippen LogP) is 3.15. The average Bonchev–Trinajstić information content (AvgIpc) is 2.46. The van der Waals surface area contributed by atoms with Crippen LogP contribution in [0.3, 0.4) is 0 Å². The molecule has 0 spiro atoms. The fourth-order valence-corrected chi connectivity index (χ4v) is 4.41. The van der Waals surface area contributed by atoms with Gasteiger partial charge in [0.05, 0.1) is 16.3 Å². The lowest BCUT2D eigenvalue weighted by molar-refractivity contribution is 0.411. The number of thioether (sulfide) groups is 1. The summed E-state index contributed by atoms with van der Waals surface area (Å²) in [6.07, 6.45) is 9.71. The molecule has 2 rings (SSSR count). The molecule has 0 unspecified atom stereocenters. The SMILES string of the molecule is CSC1(CNc2ccc(S(C)(=O)=O)cc2N)CCCCC1. The number of rotatable bonds is 5. The van der Waals surface area contributed by atoms with Crippen molar-refractivity contribution < 1.29 is 8.42 Å². The van der Waals surface area contributed by atoms with Crippen LogP contribution >= 0.6 is 11.8 Å². The zero-order chi connectivity index (χ0) is 15.5. The number of nitrogens with one attached hydrogen (secondary N) is 1. The minimum absolute atomic E-state index is 0.266. The van der Waals surface area contributed by atoms with Gasteiger partial charge in [-0.05, 0) is 37.3 Å². The van der Waals surface area contributed by atoms with Gasteiger partial charge in [0.1, 0.15) is 0 Å². The summed E-state index contributed by atoms with van der Waals surface area (Å²) in [4.78, 5) is 0.266. The maximum atomic E-state index is 11.5. The lowest BCUT2D eigenvalue weighted by Crippen LogP contribution is -2.35. The molecule has 1 aliphatic rings. The minimum atomic E-state index is -3.21.